The van der Waals surface area contributed by atoms with Gasteiger partial charge in [0.05, 0.1) is 0 Å². The summed E-state index contributed by atoms with van der Waals surface area (Å²) in [5, 5.41) is 0. The second-order valence-electron chi connectivity index (χ2n) is 0. The van der Waals surface area contributed by atoms with Crippen molar-refractivity contribution in [3.05, 3.63) is 0 Å². The molecule has 5 heavy (non-hydrogen) atoms. The van der Waals surface area contributed by atoms with E-state index >= 15 is 0 Å². The van der Waals surface area contributed by atoms with Gasteiger partial charge in [-0.3, -0.25) is 0 Å². The molecule has 0 aromatic heterocycles. The maximum atomic E-state index is 8.17. The van der Waals surface area contributed by atoms with Crippen LogP contribution in [0.3, 0.4) is 0 Å². The molecule has 1 radical (unpaired) electrons. The van der Waals surface area contributed by atoms with E-state index in [1.54, 1.807) is 0 Å². The van der Waals surface area contributed by atoms with Crippen molar-refractivity contribution >= 4 is 28.6 Å². The molecule has 0 aliphatic carbocycles. The first kappa shape index (κ1) is 17.5. The summed E-state index contributed by atoms with van der Waals surface area (Å²) >= 11 is 1.17. The van der Waals surface area contributed by atoms with Gasteiger partial charge in [-0.2, -0.15) is 0 Å². The Morgan fingerprint density at radius 1 is 1.20 bits per heavy atom. The summed E-state index contributed by atoms with van der Waals surface area (Å²) in [6, 6.07) is 0. The topological polar surface area (TPSA) is 17.1 Å². The second kappa shape index (κ2) is 157. The zero-order valence-electron chi connectivity index (χ0n) is 3.39. The number of halogens is 1. The van der Waals surface area contributed by atoms with Crippen LogP contribution in [0.4, 0.5) is 0 Å². The van der Waals surface area contributed by atoms with E-state index in [0.29, 0.717) is 0 Å². The van der Waals surface area contributed by atoms with Crippen molar-refractivity contribution < 1.29 is 3.80 Å². The third kappa shape index (κ3) is 82.0. The van der Waals surface area contributed by atoms with Crippen LogP contribution in [-0.2, 0) is 3.80 Å². The number of rotatable bonds is 0. The van der Waals surface area contributed by atoms with Gasteiger partial charge in [0.1, 0.15) is 0 Å². The molecule has 0 bridgehead atoms. The molecule has 1 nitrogen and oxygen atoms in total. The molecule has 0 aromatic carbocycles. The van der Waals surface area contributed by atoms with Crippen LogP contribution < -0.4 is 0 Å². The van der Waals surface area contributed by atoms with E-state index in [9.17, 15) is 0 Å². The van der Waals surface area contributed by atoms with E-state index in [0.717, 1.165) is 0 Å². The summed E-state index contributed by atoms with van der Waals surface area (Å²) in [7, 11) is 0. The second-order valence-corrected chi connectivity index (χ2v) is 0. The zero-order chi connectivity index (χ0) is 4.00. The van der Waals surface area contributed by atoms with Gasteiger partial charge in [0.15, 0.2) is 0 Å². The van der Waals surface area contributed by atoms with Crippen LogP contribution in [0.2, 0.25) is 0 Å². The molecular formula is C2H7AlClO. The predicted molar refractivity (Wildman–Crippen MR) is 25.0 cm³/mol. The van der Waals surface area contributed by atoms with E-state index in [4.69, 9.17) is 3.80 Å². The van der Waals surface area contributed by atoms with Crippen LogP contribution >= 0.6 is 12.4 Å². The van der Waals surface area contributed by atoms with Crippen molar-refractivity contribution in [1.82, 2.24) is 0 Å². The molecule has 0 saturated carbocycles. The molecule has 0 rings (SSSR count). The Morgan fingerprint density at radius 2 is 1.20 bits per heavy atom. The SMILES string of the molecule is CC.Cl.[O]=[Al]. The average Bonchev–Trinajstić information content (AvgIpc) is 1.50. The molecule has 0 saturated heterocycles. The Labute approximate surface area is 46.8 Å². The van der Waals surface area contributed by atoms with E-state index in [-0.39, 0.29) is 12.4 Å². The van der Waals surface area contributed by atoms with Crippen molar-refractivity contribution in [2.45, 2.75) is 13.8 Å². The van der Waals surface area contributed by atoms with Crippen molar-refractivity contribution in [2.24, 2.45) is 0 Å². The van der Waals surface area contributed by atoms with Gasteiger partial charge < -0.3 is 0 Å². The summed E-state index contributed by atoms with van der Waals surface area (Å²) < 4.78 is 8.17. The molecule has 0 unspecified atom stereocenters. The third-order valence-corrected chi connectivity index (χ3v) is 0. The van der Waals surface area contributed by atoms with Gasteiger partial charge >= 0.3 is 20.0 Å². The molecule has 31 valence electrons. The first-order valence-electron chi connectivity index (χ1n) is 1.24. The fourth-order valence-corrected chi connectivity index (χ4v) is 0. The molecule has 0 N–H and O–H groups in total. The average molecular weight is 110 g/mol. The van der Waals surface area contributed by atoms with Gasteiger partial charge in [-0.15, -0.1) is 12.4 Å². The third-order valence-electron chi connectivity index (χ3n) is 0. The van der Waals surface area contributed by atoms with Crippen molar-refractivity contribution in [1.29, 1.82) is 0 Å². The molecule has 0 aliphatic rings. The molecule has 0 fully saturated rings. The molecule has 0 aromatic rings. The minimum atomic E-state index is 0. The van der Waals surface area contributed by atoms with E-state index < -0.39 is 0 Å². The van der Waals surface area contributed by atoms with Crippen LogP contribution in [0, 0.1) is 0 Å². The van der Waals surface area contributed by atoms with Gasteiger partial charge in [0.25, 0.3) is 0 Å². The fraction of sp³-hybridized carbons (Fsp3) is 1.00. The van der Waals surface area contributed by atoms with E-state index in [2.05, 4.69) is 0 Å². The van der Waals surface area contributed by atoms with Crippen LogP contribution in [0.1, 0.15) is 13.8 Å². The van der Waals surface area contributed by atoms with E-state index in [1.165, 1.54) is 16.2 Å². The van der Waals surface area contributed by atoms with Gasteiger partial charge in [-0.05, 0) is 0 Å². The summed E-state index contributed by atoms with van der Waals surface area (Å²) in [4.78, 5) is 0. The summed E-state index contributed by atoms with van der Waals surface area (Å²) in [6.45, 7) is 4.00. The van der Waals surface area contributed by atoms with E-state index in [1.807, 2.05) is 13.8 Å². The van der Waals surface area contributed by atoms with Crippen LogP contribution in [0.5, 0.6) is 0 Å². The summed E-state index contributed by atoms with van der Waals surface area (Å²) in [5.74, 6) is 0. The first-order chi connectivity index (χ1) is 2.00. The molecule has 0 heterocycles. The Morgan fingerprint density at radius 3 is 1.20 bits per heavy atom. The van der Waals surface area contributed by atoms with Crippen molar-refractivity contribution in [3.8, 4) is 0 Å². The molecule has 0 amide bonds. The van der Waals surface area contributed by atoms with Gasteiger partial charge in [0, 0.05) is 0 Å². The van der Waals surface area contributed by atoms with Crippen molar-refractivity contribution in [2.75, 3.05) is 0 Å². The number of hydrogen-bond acceptors (Lipinski definition) is 1. The molecule has 0 spiro atoms. The molecule has 3 heteroatoms. The maximum absolute atomic E-state index is 8.17. The van der Waals surface area contributed by atoms with Gasteiger partial charge in [-0.25, -0.2) is 0 Å². The first-order valence-corrected chi connectivity index (χ1v) is 1.71. The van der Waals surface area contributed by atoms with Crippen LogP contribution in [0.25, 0.3) is 0 Å². The predicted octanol–water partition coefficient (Wildman–Crippen LogP) is 0.948. The molecular weight excluding hydrogens is 102 g/mol. The molecule has 0 aliphatic heterocycles. The Hall–Kier alpha value is 0.622. The molecule has 0 atom stereocenters. The number of hydrogen-bond donors (Lipinski definition) is 0. The van der Waals surface area contributed by atoms with Crippen LogP contribution in [0.15, 0.2) is 0 Å². The normalized spacial score (nSPS) is 1.80. The Balaban J connectivity index is -0.0000000133. The fourth-order valence-electron chi connectivity index (χ4n) is 0. The summed E-state index contributed by atoms with van der Waals surface area (Å²) in [5.41, 5.74) is 0. The van der Waals surface area contributed by atoms with Gasteiger partial charge in [-0.1, -0.05) is 13.8 Å². The summed E-state index contributed by atoms with van der Waals surface area (Å²) in [6.07, 6.45) is 0. The monoisotopic (exact) mass is 109 g/mol. The van der Waals surface area contributed by atoms with Crippen LogP contribution in [-0.4, -0.2) is 16.2 Å². The Bertz CT molecular complexity index is 9.61. The minimum absolute atomic E-state index is 0. The Kier molecular flexibility index (Phi) is 547. The van der Waals surface area contributed by atoms with Gasteiger partial charge in [0.2, 0.25) is 0 Å². The quantitative estimate of drug-likeness (QED) is 0.423. The standard InChI is InChI=1S/C2H6.Al.ClH.O/c1-2;;;/h1-2H3;;1H;. The zero-order valence-corrected chi connectivity index (χ0v) is 5.37. The van der Waals surface area contributed by atoms with Crippen molar-refractivity contribution in [3.63, 3.8) is 0 Å².